The Bertz CT molecular complexity index is 335. The number of benzene rings is 1. The molecule has 0 amide bonds. The fourth-order valence-corrected chi connectivity index (χ4v) is 1.41. The average Bonchev–Trinajstić information content (AvgIpc) is 2.17. The molecule has 72 valence electrons. The number of thiol groups is 1. The fourth-order valence-electron chi connectivity index (χ4n) is 1.01. The third-order valence-corrected chi connectivity index (χ3v) is 2.62. The van der Waals surface area contributed by atoms with Crippen molar-refractivity contribution < 1.29 is 12.8 Å². The van der Waals surface area contributed by atoms with Crippen molar-refractivity contribution in [3.63, 3.8) is 0 Å². The van der Waals surface area contributed by atoms with Gasteiger partial charge in [0.2, 0.25) is 0 Å². The van der Waals surface area contributed by atoms with Gasteiger partial charge in [-0.3, -0.25) is 4.39 Å². The van der Waals surface area contributed by atoms with Crippen LogP contribution in [0.1, 0.15) is 18.4 Å². The molecule has 0 fully saturated rings. The minimum atomic E-state index is -2.53. The van der Waals surface area contributed by atoms with Gasteiger partial charge in [0.15, 0.2) is 10.7 Å². The van der Waals surface area contributed by atoms with Crippen LogP contribution in [0, 0.1) is 0 Å². The highest BCUT2D eigenvalue weighted by atomic mass is 32.2. The van der Waals surface area contributed by atoms with Gasteiger partial charge in [-0.25, -0.2) is 8.42 Å². The van der Waals surface area contributed by atoms with Crippen LogP contribution in [0.3, 0.4) is 0 Å². The first-order valence-electron chi connectivity index (χ1n) is 3.95. The molecule has 0 bridgehead atoms. The molecule has 0 heterocycles. The summed E-state index contributed by atoms with van der Waals surface area (Å²) in [6, 6.07) is 6.27. The summed E-state index contributed by atoms with van der Waals surface area (Å²) in [5, 5.41) is 0. The van der Waals surface area contributed by atoms with Gasteiger partial charge in [-0.05, 0) is 17.7 Å². The van der Waals surface area contributed by atoms with Crippen molar-refractivity contribution in [2.24, 2.45) is 0 Å². The van der Waals surface area contributed by atoms with E-state index in [0.29, 0.717) is 0 Å². The number of hydrogen-bond acceptors (Lipinski definition) is 2. The van der Waals surface area contributed by atoms with Gasteiger partial charge in [-0.15, -0.1) is 0 Å². The summed E-state index contributed by atoms with van der Waals surface area (Å²) in [6.07, 6.45) is 0. The molecule has 0 unspecified atom stereocenters. The van der Waals surface area contributed by atoms with Crippen LogP contribution in [-0.2, 0) is 10.7 Å². The molecule has 0 N–H and O–H groups in total. The summed E-state index contributed by atoms with van der Waals surface area (Å²) >= 11 is 0. The molecule has 2 nitrogen and oxygen atoms in total. The Hall–Kier alpha value is -0.900. The highest BCUT2D eigenvalue weighted by molar-refractivity contribution is 7.72. The van der Waals surface area contributed by atoms with Gasteiger partial charge in [-0.2, -0.15) is 0 Å². The molecule has 0 aliphatic rings. The van der Waals surface area contributed by atoms with Gasteiger partial charge in [0.1, 0.15) is 0 Å². The van der Waals surface area contributed by atoms with Crippen molar-refractivity contribution in [3.8, 4) is 0 Å². The highest BCUT2D eigenvalue weighted by Gasteiger charge is 2.04. The van der Waals surface area contributed by atoms with Crippen LogP contribution in [0.5, 0.6) is 0 Å². The molecule has 0 aliphatic carbocycles. The lowest BCUT2D eigenvalue weighted by molar-refractivity contribution is 0.447. The molecule has 13 heavy (non-hydrogen) atoms. The van der Waals surface area contributed by atoms with Crippen molar-refractivity contribution in [3.05, 3.63) is 29.8 Å². The van der Waals surface area contributed by atoms with Gasteiger partial charge < -0.3 is 0 Å². The molecule has 1 aromatic carbocycles. The number of halogens is 1. The van der Waals surface area contributed by atoms with Crippen molar-refractivity contribution in [2.75, 3.05) is 6.67 Å². The summed E-state index contributed by atoms with van der Waals surface area (Å²) in [5.74, 6) is -0.168. The van der Waals surface area contributed by atoms with E-state index >= 15 is 0 Å². The van der Waals surface area contributed by atoms with Crippen molar-refractivity contribution >= 4 is 10.7 Å². The van der Waals surface area contributed by atoms with Gasteiger partial charge in [0.25, 0.3) is 0 Å². The molecule has 1 atom stereocenters. The quantitative estimate of drug-likeness (QED) is 0.757. The first-order chi connectivity index (χ1) is 6.15. The molecular weight excluding hydrogens is 191 g/mol. The second kappa shape index (κ2) is 4.37. The smallest absolute Gasteiger partial charge is 0.168 e. The average molecular weight is 202 g/mol. The Morgan fingerprint density at radius 3 is 2.23 bits per heavy atom. The van der Waals surface area contributed by atoms with Crippen LogP contribution in [0.2, 0.25) is 0 Å². The van der Waals surface area contributed by atoms with Crippen LogP contribution in [0.25, 0.3) is 0 Å². The molecule has 0 aromatic heterocycles. The normalized spacial score (nSPS) is 13.2. The lowest BCUT2D eigenvalue weighted by Gasteiger charge is -2.05. The van der Waals surface area contributed by atoms with Gasteiger partial charge in [-0.1, -0.05) is 19.1 Å². The predicted octanol–water partition coefficient (Wildman–Crippen LogP) is 1.73. The number of hydrogen-bond donors (Lipinski definition) is 1. The van der Waals surface area contributed by atoms with Crippen LogP contribution >= 0.6 is 0 Å². The minimum Gasteiger partial charge on any atom is -0.250 e. The maximum Gasteiger partial charge on any atom is 0.168 e. The van der Waals surface area contributed by atoms with Gasteiger partial charge in [0.05, 0.1) is 11.6 Å². The van der Waals surface area contributed by atoms with E-state index in [-0.39, 0.29) is 10.8 Å². The second-order valence-corrected chi connectivity index (χ2v) is 3.93. The molecule has 1 aromatic rings. The maximum absolute atomic E-state index is 12.2. The first kappa shape index (κ1) is 10.2. The van der Waals surface area contributed by atoms with E-state index in [2.05, 4.69) is 0 Å². The van der Waals surface area contributed by atoms with E-state index in [4.69, 9.17) is 0 Å². The minimum absolute atomic E-state index is 0.168. The fraction of sp³-hybridized carbons (Fsp3) is 0.333. The van der Waals surface area contributed by atoms with E-state index < -0.39 is 17.4 Å². The van der Waals surface area contributed by atoms with Crippen LogP contribution in [0.4, 0.5) is 4.39 Å². The molecule has 0 saturated heterocycles. The summed E-state index contributed by atoms with van der Waals surface area (Å²) in [7, 11) is -2.53. The molecule has 1 rings (SSSR count). The standard InChI is InChI=1S/C9H11FO2S/c1-7(6-10)8-2-4-9(5-3-8)13(11)12/h2-5,7,13H,6H2,1H3/t7-/m0/s1. The molecule has 0 spiro atoms. The Morgan fingerprint density at radius 1 is 1.31 bits per heavy atom. The van der Waals surface area contributed by atoms with E-state index in [0.717, 1.165) is 5.56 Å². The van der Waals surface area contributed by atoms with E-state index in [1.54, 1.807) is 19.1 Å². The monoisotopic (exact) mass is 202 g/mol. The lowest BCUT2D eigenvalue weighted by Crippen LogP contribution is -1.95. The summed E-state index contributed by atoms with van der Waals surface area (Å²) in [6.45, 7) is 1.33. The van der Waals surface area contributed by atoms with Gasteiger partial charge in [0, 0.05) is 5.92 Å². The Kier molecular flexibility index (Phi) is 3.42. The van der Waals surface area contributed by atoms with Crippen molar-refractivity contribution in [2.45, 2.75) is 17.7 Å². The van der Waals surface area contributed by atoms with E-state index in [1.165, 1.54) is 12.1 Å². The zero-order valence-corrected chi connectivity index (χ0v) is 8.13. The zero-order chi connectivity index (χ0) is 9.84. The lowest BCUT2D eigenvalue weighted by atomic mass is 10.0. The molecular formula is C9H11FO2S. The second-order valence-electron chi connectivity index (χ2n) is 2.90. The van der Waals surface area contributed by atoms with Crippen LogP contribution in [-0.4, -0.2) is 15.1 Å². The number of alkyl halides is 1. The topological polar surface area (TPSA) is 34.1 Å². The molecule has 0 aliphatic heterocycles. The Balaban J connectivity index is 2.93. The van der Waals surface area contributed by atoms with Crippen LogP contribution in [0.15, 0.2) is 29.2 Å². The van der Waals surface area contributed by atoms with Gasteiger partial charge >= 0.3 is 0 Å². The Labute approximate surface area is 78.3 Å². The summed E-state index contributed by atoms with van der Waals surface area (Å²) < 4.78 is 33.2. The third-order valence-electron chi connectivity index (χ3n) is 1.90. The van der Waals surface area contributed by atoms with Crippen molar-refractivity contribution in [1.29, 1.82) is 0 Å². The van der Waals surface area contributed by atoms with Crippen molar-refractivity contribution in [1.82, 2.24) is 0 Å². The molecule has 4 heteroatoms. The zero-order valence-electron chi connectivity index (χ0n) is 7.24. The van der Waals surface area contributed by atoms with Crippen LogP contribution < -0.4 is 0 Å². The maximum atomic E-state index is 12.2. The van der Waals surface area contributed by atoms with E-state index in [1.807, 2.05) is 0 Å². The molecule has 0 radical (unpaired) electrons. The van der Waals surface area contributed by atoms with E-state index in [9.17, 15) is 12.8 Å². The summed E-state index contributed by atoms with van der Waals surface area (Å²) in [4.78, 5) is 0.268. The first-order valence-corrected chi connectivity index (χ1v) is 5.13. The number of rotatable bonds is 3. The third kappa shape index (κ3) is 2.52. The largest absolute Gasteiger partial charge is 0.250 e. The summed E-state index contributed by atoms with van der Waals surface area (Å²) in [5.41, 5.74) is 0.822. The molecule has 0 saturated carbocycles. The predicted molar refractivity (Wildman–Crippen MR) is 49.4 cm³/mol. The SMILES string of the molecule is C[C@@H](CF)c1ccc([SH](=O)=O)cc1. The highest BCUT2D eigenvalue weighted by Crippen LogP contribution is 2.16. The Morgan fingerprint density at radius 2 is 1.85 bits per heavy atom.